The Hall–Kier alpha value is -1.53. The smallest absolute Gasteiger partial charge is 0.128 e. The van der Waals surface area contributed by atoms with E-state index in [-0.39, 0.29) is 31.1 Å². The van der Waals surface area contributed by atoms with E-state index in [2.05, 4.69) is 10.3 Å². The summed E-state index contributed by atoms with van der Waals surface area (Å²) in [5.74, 6) is -0.943. The van der Waals surface area contributed by atoms with Crippen molar-refractivity contribution < 1.29 is 8.78 Å². The van der Waals surface area contributed by atoms with Crippen LogP contribution in [0.2, 0.25) is 0 Å². The first-order valence-corrected chi connectivity index (χ1v) is 4.72. The predicted molar refractivity (Wildman–Crippen MR) is 60.6 cm³/mol. The zero-order valence-electron chi connectivity index (χ0n) is 8.81. The van der Waals surface area contributed by atoms with Crippen LogP contribution in [0, 0.1) is 11.6 Å². The van der Waals surface area contributed by atoms with E-state index in [4.69, 9.17) is 5.73 Å². The zero-order chi connectivity index (χ0) is 11.5. The largest absolute Gasteiger partial charge is 0.325 e. The molecule has 1 aromatic heterocycles. The maximum atomic E-state index is 13.3. The predicted octanol–water partition coefficient (Wildman–Crippen LogP) is 1.49. The molecule has 0 aliphatic rings. The highest BCUT2D eigenvalue weighted by Gasteiger charge is 2.06. The van der Waals surface area contributed by atoms with Gasteiger partial charge in [-0.05, 0) is 18.2 Å². The summed E-state index contributed by atoms with van der Waals surface area (Å²) in [6.45, 7) is 0.405. The number of nitrogens with two attached hydrogens (primary N) is 1. The van der Waals surface area contributed by atoms with E-state index in [0.29, 0.717) is 5.69 Å². The number of nitrogens with zero attached hydrogens (tertiary/aromatic N) is 3. The normalized spacial score (nSPS) is 10.1. The number of halogens is 3. The highest BCUT2D eigenvalue weighted by atomic mass is 35.5. The number of aromatic nitrogens is 3. The van der Waals surface area contributed by atoms with Crippen LogP contribution in [0.25, 0.3) is 0 Å². The summed E-state index contributed by atoms with van der Waals surface area (Å²) >= 11 is 0. The summed E-state index contributed by atoms with van der Waals surface area (Å²) in [5.41, 5.74) is 6.20. The van der Waals surface area contributed by atoms with Crippen LogP contribution in [-0.2, 0) is 13.1 Å². The molecule has 2 rings (SSSR count). The maximum Gasteiger partial charge on any atom is 0.128 e. The first-order chi connectivity index (χ1) is 7.69. The minimum atomic E-state index is -0.476. The number of benzene rings is 1. The van der Waals surface area contributed by atoms with E-state index in [1.165, 1.54) is 4.68 Å². The Labute approximate surface area is 103 Å². The summed E-state index contributed by atoms with van der Waals surface area (Å²) < 4.78 is 27.6. The van der Waals surface area contributed by atoms with Crippen LogP contribution >= 0.6 is 12.4 Å². The Balaban J connectivity index is 0.00000144. The fraction of sp³-hybridized carbons (Fsp3) is 0.200. The second-order valence-corrected chi connectivity index (χ2v) is 3.35. The topological polar surface area (TPSA) is 56.7 Å². The minimum Gasteiger partial charge on any atom is -0.325 e. The standard InChI is InChI=1S/C10H10F2N4.ClH/c11-8-1-2-10(12)7(3-8)5-16-6-9(4-13)14-15-16;/h1-3,6H,4-5,13H2;1H. The average Bonchev–Trinajstić information content (AvgIpc) is 2.71. The summed E-state index contributed by atoms with van der Waals surface area (Å²) in [6.07, 6.45) is 1.60. The highest BCUT2D eigenvalue weighted by molar-refractivity contribution is 5.85. The molecular weight excluding hydrogens is 250 g/mol. The first-order valence-electron chi connectivity index (χ1n) is 4.72. The van der Waals surface area contributed by atoms with E-state index < -0.39 is 11.6 Å². The van der Waals surface area contributed by atoms with Gasteiger partial charge in [0.2, 0.25) is 0 Å². The third-order valence-corrected chi connectivity index (χ3v) is 2.14. The third-order valence-electron chi connectivity index (χ3n) is 2.14. The molecule has 0 radical (unpaired) electrons. The SMILES string of the molecule is Cl.NCc1cn(Cc2cc(F)ccc2F)nn1. The molecule has 2 N–H and O–H groups in total. The van der Waals surface area contributed by atoms with Crippen LogP contribution in [0.4, 0.5) is 8.78 Å². The van der Waals surface area contributed by atoms with Crippen molar-refractivity contribution in [3.8, 4) is 0 Å². The van der Waals surface area contributed by atoms with E-state index in [1.807, 2.05) is 0 Å². The quantitative estimate of drug-likeness (QED) is 0.910. The fourth-order valence-electron chi connectivity index (χ4n) is 1.35. The molecule has 0 fully saturated rings. The fourth-order valence-corrected chi connectivity index (χ4v) is 1.35. The molecule has 4 nitrogen and oxygen atoms in total. The molecule has 0 atom stereocenters. The summed E-state index contributed by atoms with van der Waals surface area (Å²) in [6, 6.07) is 3.30. The summed E-state index contributed by atoms with van der Waals surface area (Å²) in [5, 5.41) is 7.51. The van der Waals surface area contributed by atoms with Gasteiger partial charge >= 0.3 is 0 Å². The number of hydrogen-bond acceptors (Lipinski definition) is 3. The molecule has 0 aliphatic carbocycles. The van der Waals surface area contributed by atoms with E-state index in [0.717, 1.165) is 18.2 Å². The van der Waals surface area contributed by atoms with Gasteiger partial charge in [0.1, 0.15) is 11.6 Å². The molecule has 2 aromatic rings. The molecule has 0 saturated carbocycles. The zero-order valence-corrected chi connectivity index (χ0v) is 9.62. The molecule has 0 bridgehead atoms. The number of rotatable bonds is 3. The Morgan fingerprint density at radius 1 is 1.29 bits per heavy atom. The lowest BCUT2D eigenvalue weighted by molar-refractivity contribution is 0.560. The Morgan fingerprint density at radius 3 is 2.71 bits per heavy atom. The van der Waals surface area contributed by atoms with E-state index >= 15 is 0 Å². The van der Waals surface area contributed by atoms with E-state index in [9.17, 15) is 8.78 Å². The molecule has 0 unspecified atom stereocenters. The van der Waals surface area contributed by atoms with Crippen LogP contribution in [0.15, 0.2) is 24.4 Å². The van der Waals surface area contributed by atoms with Gasteiger partial charge in [-0.3, -0.25) is 0 Å². The second kappa shape index (κ2) is 5.70. The van der Waals surface area contributed by atoms with Gasteiger partial charge in [0.15, 0.2) is 0 Å². The molecule has 0 saturated heterocycles. The lowest BCUT2D eigenvalue weighted by Gasteiger charge is -2.02. The molecule has 7 heteroatoms. The van der Waals surface area contributed by atoms with Crippen LogP contribution in [0.1, 0.15) is 11.3 Å². The monoisotopic (exact) mass is 260 g/mol. The molecule has 92 valence electrons. The minimum absolute atomic E-state index is 0. The van der Waals surface area contributed by atoms with Crippen LogP contribution in [0.3, 0.4) is 0 Å². The molecular formula is C10H11ClF2N4. The van der Waals surface area contributed by atoms with Crippen LogP contribution in [-0.4, -0.2) is 15.0 Å². The molecule has 1 heterocycles. The highest BCUT2D eigenvalue weighted by Crippen LogP contribution is 2.10. The summed E-state index contributed by atoms with van der Waals surface area (Å²) in [4.78, 5) is 0. The van der Waals surface area contributed by atoms with E-state index in [1.54, 1.807) is 6.20 Å². The Kier molecular flexibility index (Phi) is 4.53. The van der Waals surface area contributed by atoms with Crippen molar-refractivity contribution in [1.82, 2.24) is 15.0 Å². The van der Waals surface area contributed by atoms with Crippen molar-refractivity contribution in [3.05, 3.63) is 47.3 Å². The van der Waals surface area contributed by atoms with Gasteiger partial charge in [-0.2, -0.15) is 0 Å². The van der Waals surface area contributed by atoms with Crippen molar-refractivity contribution in [3.63, 3.8) is 0 Å². The maximum absolute atomic E-state index is 13.3. The van der Waals surface area contributed by atoms with Gasteiger partial charge < -0.3 is 5.73 Å². The van der Waals surface area contributed by atoms with Gasteiger partial charge in [-0.1, -0.05) is 5.21 Å². The van der Waals surface area contributed by atoms with Gasteiger partial charge in [0, 0.05) is 12.1 Å². The first kappa shape index (κ1) is 13.5. The molecule has 1 aromatic carbocycles. The second-order valence-electron chi connectivity index (χ2n) is 3.35. The molecule has 0 aliphatic heterocycles. The van der Waals surface area contributed by atoms with Crippen LogP contribution in [0.5, 0.6) is 0 Å². The lowest BCUT2D eigenvalue weighted by atomic mass is 10.2. The van der Waals surface area contributed by atoms with Gasteiger partial charge in [0.05, 0.1) is 18.4 Å². The average molecular weight is 261 g/mol. The lowest BCUT2D eigenvalue weighted by Crippen LogP contribution is -2.03. The Bertz CT molecular complexity index is 501. The van der Waals surface area contributed by atoms with Gasteiger partial charge in [0.25, 0.3) is 0 Å². The summed E-state index contributed by atoms with van der Waals surface area (Å²) in [7, 11) is 0. The van der Waals surface area contributed by atoms with Crippen molar-refractivity contribution in [2.75, 3.05) is 0 Å². The van der Waals surface area contributed by atoms with Crippen molar-refractivity contribution >= 4 is 12.4 Å². The molecule has 0 spiro atoms. The molecule has 0 amide bonds. The van der Waals surface area contributed by atoms with Gasteiger partial charge in [-0.15, -0.1) is 17.5 Å². The van der Waals surface area contributed by atoms with Crippen molar-refractivity contribution in [2.24, 2.45) is 5.73 Å². The van der Waals surface area contributed by atoms with Gasteiger partial charge in [-0.25, -0.2) is 13.5 Å². The Morgan fingerprint density at radius 2 is 2.06 bits per heavy atom. The van der Waals surface area contributed by atoms with Crippen molar-refractivity contribution in [2.45, 2.75) is 13.1 Å². The number of hydrogen-bond donors (Lipinski definition) is 1. The molecule has 17 heavy (non-hydrogen) atoms. The van der Waals surface area contributed by atoms with Crippen LogP contribution < -0.4 is 5.73 Å². The van der Waals surface area contributed by atoms with Crippen molar-refractivity contribution in [1.29, 1.82) is 0 Å². The third kappa shape index (κ3) is 3.21.